The van der Waals surface area contributed by atoms with Crippen LogP contribution in [0, 0.1) is 12.9 Å². The zero-order valence-electron chi connectivity index (χ0n) is 9.87. The largest absolute Gasteiger partial charge is 0.325 e. The van der Waals surface area contributed by atoms with Gasteiger partial charge in [-0.05, 0) is 38.3 Å². The fraction of sp³-hybridized carbons (Fsp3) is 0.500. The number of hydrogen-bond donors (Lipinski definition) is 1. The molecule has 2 rings (SSSR count). The molecule has 5 heteroatoms. The van der Waals surface area contributed by atoms with Crippen molar-refractivity contribution >= 4 is 11.7 Å². The van der Waals surface area contributed by atoms with Crippen molar-refractivity contribution in [2.24, 2.45) is 0 Å². The molecule has 17 heavy (non-hydrogen) atoms. The zero-order chi connectivity index (χ0) is 12.3. The summed E-state index contributed by atoms with van der Waals surface area (Å²) in [7, 11) is 0. The normalized spacial score (nSPS) is 15.8. The lowest BCUT2D eigenvalue weighted by Crippen LogP contribution is -2.38. The van der Waals surface area contributed by atoms with Gasteiger partial charge in [0.25, 0.3) is 0 Å². The van der Waals surface area contributed by atoms with Gasteiger partial charge in [-0.3, -0.25) is 0 Å². The number of nitrogens with zero attached hydrogens (tertiary/aromatic N) is 2. The first-order valence-electron chi connectivity index (χ1n) is 5.86. The number of hydrogen-bond acceptors (Lipinski definition) is 2. The Kier molecular flexibility index (Phi) is 3.56. The first-order valence-corrected chi connectivity index (χ1v) is 5.86. The van der Waals surface area contributed by atoms with Crippen molar-refractivity contribution in [3.63, 3.8) is 0 Å². The van der Waals surface area contributed by atoms with Crippen LogP contribution in [0.1, 0.15) is 25.0 Å². The van der Waals surface area contributed by atoms with Gasteiger partial charge in [-0.15, -0.1) is 0 Å². The fourth-order valence-corrected chi connectivity index (χ4v) is 1.91. The number of nitrogens with one attached hydrogen (secondary N) is 1. The Morgan fingerprint density at radius 1 is 1.35 bits per heavy atom. The van der Waals surface area contributed by atoms with Crippen LogP contribution in [0.5, 0.6) is 0 Å². The molecule has 4 nitrogen and oxygen atoms in total. The minimum absolute atomic E-state index is 0.145. The van der Waals surface area contributed by atoms with Gasteiger partial charge in [0.2, 0.25) is 5.95 Å². The summed E-state index contributed by atoms with van der Waals surface area (Å²) in [6.07, 6.45) is 3.19. The van der Waals surface area contributed by atoms with E-state index in [1.165, 1.54) is 0 Å². The fourth-order valence-electron chi connectivity index (χ4n) is 1.91. The lowest BCUT2D eigenvalue weighted by Gasteiger charge is -2.26. The van der Waals surface area contributed by atoms with Crippen molar-refractivity contribution in [1.29, 1.82) is 0 Å². The number of halogens is 1. The Morgan fingerprint density at radius 3 is 2.71 bits per heavy atom. The highest BCUT2D eigenvalue weighted by atomic mass is 19.1. The van der Waals surface area contributed by atoms with Crippen LogP contribution < -0.4 is 5.32 Å². The maximum atomic E-state index is 13.4. The van der Waals surface area contributed by atoms with Crippen LogP contribution in [-0.4, -0.2) is 29.0 Å². The molecule has 0 radical (unpaired) electrons. The average Bonchev–Trinajstić information content (AvgIpc) is 2.34. The highest BCUT2D eigenvalue weighted by molar-refractivity contribution is 5.89. The Labute approximate surface area is 99.8 Å². The van der Waals surface area contributed by atoms with Gasteiger partial charge in [-0.25, -0.2) is 9.78 Å². The molecule has 1 aromatic heterocycles. The summed E-state index contributed by atoms with van der Waals surface area (Å²) in [6, 6.07) is 2.98. The summed E-state index contributed by atoms with van der Waals surface area (Å²) in [4.78, 5) is 17.2. The summed E-state index contributed by atoms with van der Waals surface area (Å²) in [5, 5.41) is 2.56. The number of pyridine rings is 1. The molecule has 2 heterocycles. The Hall–Kier alpha value is -1.65. The first kappa shape index (κ1) is 11.8. The van der Waals surface area contributed by atoms with E-state index in [2.05, 4.69) is 10.3 Å². The Bertz CT molecular complexity index is 416. The van der Waals surface area contributed by atoms with E-state index in [9.17, 15) is 9.18 Å². The van der Waals surface area contributed by atoms with Crippen LogP contribution in [0.2, 0.25) is 0 Å². The van der Waals surface area contributed by atoms with Gasteiger partial charge in [0, 0.05) is 18.8 Å². The van der Waals surface area contributed by atoms with E-state index in [-0.39, 0.29) is 11.7 Å². The van der Waals surface area contributed by atoms with E-state index in [1.807, 2.05) is 0 Å². The van der Waals surface area contributed by atoms with E-state index in [0.29, 0.717) is 5.69 Å². The van der Waals surface area contributed by atoms with Crippen molar-refractivity contribution in [3.05, 3.63) is 23.8 Å². The lowest BCUT2D eigenvalue weighted by atomic mass is 10.1. The van der Waals surface area contributed by atoms with Gasteiger partial charge >= 0.3 is 6.03 Å². The molecule has 1 aliphatic rings. The number of piperidine rings is 1. The molecule has 1 fully saturated rings. The maximum absolute atomic E-state index is 13.4. The minimum Gasteiger partial charge on any atom is -0.325 e. The summed E-state index contributed by atoms with van der Waals surface area (Å²) < 4.78 is 13.4. The number of anilines is 1. The molecule has 0 spiro atoms. The number of carbonyl (C=O) groups is 1. The Balaban J connectivity index is 2.02. The topological polar surface area (TPSA) is 45.2 Å². The molecule has 0 unspecified atom stereocenters. The van der Waals surface area contributed by atoms with E-state index < -0.39 is 5.95 Å². The molecular weight excluding hydrogens is 221 g/mol. The number of aromatic nitrogens is 1. The first-order chi connectivity index (χ1) is 8.16. The molecule has 0 aromatic carbocycles. The molecule has 2 amide bonds. The lowest BCUT2D eigenvalue weighted by molar-refractivity contribution is 0.200. The van der Waals surface area contributed by atoms with Gasteiger partial charge in [0.1, 0.15) is 0 Å². The molecule has 1 N–H and O–H groups in total. The molecule has 0 aliphatic carbocycles. The summed E-state index contributed by atoms with van der Waals surface area (Å²) in [5.74, 6) is -0.629. The predicted molar refractivity (Wildman–Crippen MR) is 63.4 cm³/mol. The van der Waals surface area contributed by atoms with Crippen molar-refractivity contribution in [1.82, 2.24) is 9.88 Å². The van der Waals surface area contributed by atoms with Crippen LogP contribution in [0.3, 0.4) is 0 Å². The summed E-state index contributed by atoms with van der Waals surface area (Å²) in [5.41, 5.74) is 0.740. The molecule has 92 valence electrons. The molecule has 0 bridgehead atoms. The van der Waals surface area contributed by atoms with Crippen LogP contribution in [-0.2, 0) is 0 Å². The highest BCUT2D eigenvalue weighted by Crippen LogP contribution is 2.15. The molecule has 1 aromatic rings. The van der Waals surface area contributed by atoms with Crippen LogP contribution in [0.15, 0.2) is 12.1 Å². The molecule has 1 aliphatic heterocycles. The van der Waals surface area contributed by atoms with Gasteiger partial charge < -0.3 is 10.2 Å². The molecule has 1 saturated heterocycles. The second-order valence-corrected chi connectivity index (χ2v) is 4.27. The van der Waals surface area contributed by atoms with Crippen LogP contribution in [0.4, 0.5) is 14.9 Å². The number of carbonyl (C=O) groups excluding carboxylic acids is 1. The molecule has 0 atom stereocenters. The van der Waals surface area contributed by atoms with Crippen molar-refractivity contribution in [2.75, 3.05) is 18.4 Å². The van der Waals surface area contributed by atoms with E-state index in [0.717, 1.165) is 32.4 Å². The van der Waals surface area contributed by atoms with Crippen LogP contribution >= 0.6 is 0 Å². The number of rotatable bonds is 1. The van der Waals surface area contributed by atoms with Gasteiger partial charge in [-0.1, -0.05) is 0 Å². The SMILES string of the molecule is Cc1ccc(NC(=O)N2CCCCC2)c(F)n1. The van der Waals surface area contributed by atoms with Gasteiger partial charge in [-0.2, -0.15) is 4.39 Å². The standard InChI is InChI=1S/C12H16FN3O/c1-9-5-6-10(11(13)14-9)15-12(17)16-7-3-2-4-8-16/h5-6H,2-4,7-8H2,1H3,(H,15,17). The smallest absolute Gasteiger partial charge is 0.321 e. The third-order valence-corrected chi connectivity index (χ3v) is 2.87. The average molecular weight is 237 g/mol. The number of urea groups is 1. The Morgan fingerprint density at radius 2 is 2.06 bits per heavy atom. The third-order valence-electron chi connectivity index (χ3n) is 2.87. The maximum Gasteiger partial charge on any atom is 0.321 e. The molecular formula is C12H16FN3O. The summed E-state index contributed by atoms with van der Waals surface area (Å²) in [6.45, 7) is 3.19. The highest BCUT2D eigenvalue weighted by Gasteiger charge is 2.17. The minimum atomic E-state index is -0.629. The number of amides is 2. The zero-order valence-corrected chi connectivity index (χ0v) is 9.87. The van der Waals surface area contributed by atoms with Gasteiger partial charge in [0.15, 0.2) is 0 Å². The second-order valence-electron chi connectivity index (χ2n) is 4.27. The third kappa shape index (κ3) is 2.93. The van der Waals surface area contributed by atoms with Crippen molar-refractivity contribution < 1.29 is 9.18 Å². The number of aryl methyl sites for hydroxylation is 1. The quantitative estimate of drug-likeness (QED) is 0.763. The van der Waals surface area contributed by atoms with E-state index in [4.69, 9.17) is 0 Å². The van der Waals surface area contributed by atoms with Crippen LogP contribution in [0.25, 0.3) is 0 Å². The van der Waals surface area contributed by atoms with Crippen molar-refractivity contribution in [2.45, 2.75) is 26.2 Å². The summed E-state index contributed by atoms with van der Waals surface area (Å²) >= 11 is 0. The second kappa shape index (κ2) is 5.12. The van der Waals surface area contributed by atoms with E-state index >= 15 is 0 Å². The van der Waals surface area contributed by atoms with E-state index in [1.54, 1.807) is 24.0 Å². The predicted octanol–water partition coefficient (Wildman–Crippen LogP) is 2.55. The van der Waals surface area contributed by atoms with Crippen molar-refractivity contribution in [3.8, 4) is 0 Å². The number of likely N-dealkylation sites (tertiary alicyclic amines) is 1. The monoisotopic (exact) mass is 237 g/mol. The molecule has 0 saturated carbocycles. The van der Waals surface area contributed by atoms with Gasteiger partial charge in [0.05, 0.1) is 5.69 Å².